The van der Waals surface area contributed by atoms with E-state index in [0.717, 1.165) is 17.5 Å². The fraction of sp³-hybridized carbons (Fsp3) is 0.438. The van der Waals surface area contributed by atoms with E-state index in [1.807, 2.05) is 24.3 Å². The van der Waals surface area contributed by atoms with Crippen LogP contribution in [0.2, 0.25) is 0 Å². The molecule has 0 unspecified atom stereocenters. The molecule has 0 atom stereocenters. The van der Waals surface area contributed by atoms with E-state index in [4.69, 9.17) is 9.84 Å². The van der Waals surface area contributed by atoms with Gasteiger partial charge in [0, 0.05) is 38.7 Å². The van der Waals surface area contributed by atoms with Gasteiger partial charge < -0.3 is 15.2 Å². The number of carbonyl (C=O) groups excluding carboxylic acids is 1. The summed E-state index contributed by atoms with van der Waals surface area (Å²) >= 11 is 0. The number of nitrogens with one attached hydrogen (secondary N) is 1. The number of aliphatic hydroxyl groups is 1. The minimum absolute atomic E-state index is 0.0360. The summed E-state index contributed by atoms with van der Waals surface area (Å²) in [5.74, 6) is 5.86. The van der Waals surface area contributed by atoms with Gasteiger partial charge in [0.1, 0.15) is 0 Å². The van der Waals surface area contributed by atoms with Crippen molar-refractivity contribution >= 4 is 5.91 Å². The first kappa shape index (κ1) is 16.2. The summed E-state index contributed by atoms with van der Waals surface area (Å²) < 4.78 is 4.90. The van der Waals surface area contributed by atoms with Crippen molar-refractivity contribution in [2.75, 3.05) is 20.3 Å². The molecule has 4 heteroatoms. The van der Waals surface area contributed by atoms with Gasteiger partial charge in [-0.1, -0.05) is 24.0 Å². The number of ether oxygens (including phenoxy) is 1. The van der Waals surface area contributed by atoms with Crippen LogP contribution in [0.25, 0.3) is 0 Å². The molecule has 108 valence electrons. The minimum Gasteiger partial charge on any atom is -0.395 e. The molecule has 0 aliphatic rings. The fourth-order valence-corrected chi connectivity index (χ4v) is 1.59. The monoisotopic (exact) mass is 275 g/mol. The molecule has 1 amide bonds. The Balaban J connectivity index is 2.35. The Labute approximate surface area is 120 Å². The second-order valence-electron chi connectivity index (χ2n) is 4.35. The molecular formula is C16H21NO3. The van der Waals surface area contributed by atoms with E-state index in [1.165, 1.54) is 0 Å². The van der Waals surface area contributed by atoms with Crippen molar-refractivity contribution in [2.24, 2.45) is 0 Å². The summed E-state index contributed by atoms with van der Waals surface area (Å²) in [6.45, 7) is 1.21. The normalized spacial score (nSPS) is 9.70. The molecule has 0 fully saturated rings. The number of benzene rings is 1. The van der Waals surface area contributed by atoms with E-state index in [-0.39, 0.29) is 12.5 Å². The summed E-state index contributed by atoms with van der Waals surface area (Å²) in [4.78, 5) is 11.5. The topological polar surface area (TPSA) is 58.6 Å². The van der Waals surface area contributed by atoms with Crippen LogP contribution < -0.4 is 5.32 Å². The highest BCUT2D eigenvalue weighted by Crippen LogP contribution is 2.03. The van der Waals surface area contributed by atoms with Crippen LogP contribution >= 0.6 is 0 Å². The second kappa shape index (κ2) is 10.0. The summed E-state index contributed by atoms with van der Waals surface area (Å²) in [6, 6.07) is 7.71. The molecule has 0 spiro atoms. The average Bonchev–Trinajstić information content (AvgIpc) is 2.47. The Kier molecular flexibility index (Phi) is 8.13. The summed E-state index contributed by atoms with van der Waals surface area (Å²) in [5, 5.41) is 11.5. The number of rotatable bonds is 7. The van der Waals surface area contributed by atoms with Crippen molar-refractivity contribution < 1.29 is 14.6 Å². The maximum Gasteiger partial charge on any atom is 0.220 e. The largest absolute Gasteiger partial charge is 0.395 e. The molecule has 1 aromatic rings. The molecule has 0 aromatic heterocycles. The van der Waals surface area contributed by atoms with Crippen molar-refractivity contribution in [1.82, 2.24) is 5.32 Å². The van der Waals surface area contributed by atoms with Gasteiger partial charge in [0.15, 0.2) is 0 Å². The lowest BCUT2D eigenvalue weighted by atomic mass is 10.1. The van der Waals surface area contributed by atoms with E-state index >= 15 is 0 Å². The molecule has 0 saturated carbocycles. The third-order valence-electron chi connectivity index (χ3n) is 2.67. The van der Waals surface area contributed by atoms with Gasteiger partial charge >= 0.3 is 0 Å². The van der Waals surface area contributed by atoms with Gasteiger partial charge in [-0.05, 0) is 24.1 Å². The third kappa shape index (κ3) is 6.93. The van der Waals surface area contributed by atoms with Crippen molar-refractivity contribution in [3.63, 3.8) is 0 Å². The molecule has 0 bridgehead atoms. The van der Waals surface area contributed by atoms with Crippen molar-refractivity contribution in [1.29, 1.82) is 0 Å². The standard InChI is InChI=1S/C16H21NO3/c1-20-12-4-6-16(19)17-13-15-9-7-14(8-10-15)5-2-3-11-18/h7-10,18H,3-4,6,11-13H2,1H3,(H,17,19). The van der Waals surface area contributed by atoms with Crippen LogP contribution in [0.5, 0.6) is 0 Å². The fourth-order valence-electron chi connectivity index (χ4n) is 1.59. The van der Waals surface area contributed by atoms with E-state index in [0.29, 0.717) is 26.0 Å². The van der Waals surface area contributed by atoms with Crippen LogP contribution in [0.4, 0.5) is 0 Å². The Hall–Kier alpha value is -1.83. The number of amides is 1. The van der Waals surface area contributed by atoms with E-state index in [2.05, 4.69) is 17.2 Å². The smallest absolute Gasteiger partial charge is 0.220 e. The van der Waals surface area contributed by atoms with Gasteiger partial charge in [-0.2, -0.15) is 0 Å². The molecule has 2 N–H and O–H groups in total. The Morgan fingerprint density at radius 1 is 1.35 bits per heavy atom. The highest BCUT2D eigenvalue weighted by atomic mass is 16.5. The van der Waals surface area contributed by atoms with E-state index < -0.39 is 0 Å². The van der Waals surface area contributed by atoms with Crippen molar-refractivity contribution in [3.05, 3.63) is 35.4 Å². The van der Waals surface area contributed by atoms with Crippen molar-refractivity contribution in [3.8, 4) is 11.8 Å². The number of methoxy groups -OCH3 is 1. The predicted molar refractivity (Wildman–Crippen MR) is 78.0 cm³/mol. The lowest BCUT2D eigenvalue weighted by molar-refractivity contribution is -0.121. The van der Waals surface area contributed by atoms with Gasteiger partial charge in [-0.15, -0.1) is 0 Å². The van der Waals surface area contributed by atoms with Gasteiger partial charge in [-0.3, -0.25) is 4.79 Å². The highest BCUT2D eigenvalue weighted by Gasteiger charge is 2.00. The van der Waals surface area contributed by atoms with Crippen LogP contribution in [0.15, 0.2) is 24.3 Å². The minimum atomic E-state index is 0.0360. The molecule has 0 aliphatic heterocycles. The second-order valence-corrected chi connectivity index (χ2v) is 4.35. The van der Waals surface area contributed by atoms with Crippen molar-refractivity contribution in [2.45, 2.75) is 25.8 Å². The molecule has 4 nitrogen and oxygen atoms in total. The number of hydrogen-bond acceptors (Lipinski definition) is 3. The first-order valence-electron chi connectivity index (χ1n) is 6.70. The molecule has 0 saturated heterocycles. The zero-order valence-corrected chi connectivity index (χ0v) is 11.8. The molecule has 0 heterocycles. The summed E-state index contributed by atoms with van der Waals surface area (Å²) in [5.41, 5.74) is 1.95. The number of carbonyl (C=O) groups is 1. The van der Waals surface area contributed by atoms with Crippen LogP contribution in [0.1, 0.15) is 30.4 Å². The zero-order valence-electron chi connectivity index (χ0n) is 11.8. The highest BCUT2D eigenvalue weighted by molar-refractivity contribution is 5.75. The molecule has 0 radical (unpaired) electrons. The SMILES string of the molecule is COCCCC(=O)NCc1ccc(C#CCCO)cc1. The average molecular weight is 275 g/mol. The lowest BCUT2D eigenvalue weighted by Gasteiger charge is -2.05. The zero-order chi connectivity index (χ0) is 14.6. The predicted octanol–water partition coefficient (Wildman–Crippen LogP) is 1.46. The maximum atomic E-state index is 11.5. The summed E-state index contributed by atoms with van der Waals surface area (Å²) in [6.07, 6.45) is 1.71. The molecule has 0 aliphatic carbocycles. The quantitative estimate of drug-likeness (QED) is 0.585. The van der Waals surface area contributed by atoms with Gasteiger partial charge in [0.25, 0.3) is 0 Å². The van der Waals surface area contributed by atoms with Crippen LogP contribution in [-0.2, 0) is 16.1 Å². The molecule has 1 rings (SSSR count). The van der Waals surface area contributed by atoms with Crippen LogP contribution in [0.3, 0.4) is 0 Å². The molecule has 1 aromatic carbocycles. The van der Waals surface area contributed by atoms with Gasteiger partial charge in [0.05, 0.1) is 6.61 Å². The third-order valence-corrected chi connectivity index (χ3v) is 2.67. The van der Waals surface area contributed by atoms with Crippen LogP contribution in [0, 0.1) is 11.8 Å². The Morgan fingerprint density at radius 2 is 2.10 bits per heavy atom. The van der Waals surface area contributed by atoms with Gasteiger partial charge in [-0.25, -0.2) is 0 Å². The van der Waals surface area contributed by atoms with Crippen LogP contribution in [-0.4, -0.2) is 31.3 Å². The lowest BCUT2D eigenvalue weighted by Crippen LogP contribution is -2.22. The first-order valence-corrected chi connectivity index (χ1v) is 6.70. The number of aliphatic hydroxyl groups excluding tert-OH is 1. The summed E-state index contributed by atoms with van der Waals surface area (Å²) in [7, 11) is 1.63. The van der Waals surface area contributed by atoms with Gasteiger partial charge in [0.2, 0.25) is 5.91 Å². The Bertz CT molecular complexity index is 457. The van der Waals surface area contributed by atoms with E-state index in [1.54, 1.807) is 7.11 Å². The first-order chi connectivity index (χ1) is 9.76. The molecular weight excluding hydrogens is 254 g/mol. The maximum absolute atomic E-state index is 11.5. The number of hydrogen-bond donors (Lipinski definition) is 2. The van der Waals surface area contributed by atoms with E-state index in [9.17, 15) is 4.79 Å². The molecule has 20 heavy (non-hydrogen) atoms. The Morgan fingerprint density at radius 3 is 2.75 bits per heavy atom.